The molecule has 3 unspecified atom stereocenters. The molecule has 1 saturated carbocycles. The van der Waals surface area contributed by atoms with Crippen LogP contribution < -0.4 is 5.73 Å². The minimum atomic E-state index is 0.187. The molecular weight excluding hydrogens is 236 g/mol. The number of nitrogens with zero attached hydrogens (tertiary/aromatic N) is 1. The van der Waals surface area contributed by atoms with Crippen LogP contribution >= 0.6 is 0 Å². The van der Waals surface area contributed by atoms with Crippen molar-refractivity contribution in [1.82, 2.24) is 4.90 Å². The van der Waals surface area contributed by atoms with Crippen LogP contribution in [0.5, 0.6) is 0 Å². The molecule has 1 saturated heterocycles. The van der Waals surface area contributed by atoms with Gasteiger partial charge in [-0.25, -0.2) is 0 Å². The number of hydrogen-bond acceptors (Lipinski definition) is 2. The van der Waals surface area contributed by atoms with Gasteiger partial charge in [-0.1, -0.05) is 33.1 Å². The molecule has 1 aliphatic carbocycles. The number of rotatable bonds is 3. The highest BCUT2D eigenvalue weighted by atomic mass is 16.2. The second-order valence-electron chi connectivity index (χ2n) is 6.62. The minimum absolute atomic E-state index is 0.187. The van der Waals surface area contributed by atoms with E-state index in [-0.39, 0.29) is 12.0 Å². The Morgan fingerprint density at radius 3 is 2.53 bits per heavy atom. The van der Waals surface area contributed by atoms with Gasteiger partial charge in [0.05, 0.1) is 0 Å². The monoisotopic (exact) mass is 266 g/mol. The van der Waals surface area contributed by atoms with Gasteiger partial charge in [0.15, 0.2) is 0 Å². The molecule has 0 bridgehead atoms. The lowest BCUT2D eigenvalue weighted by molar-refractivity contribution is -0.140. The van der Waals surface area contributed by atoms with Crippen LogP contribution in [0.2, 0.25) is 0 Å². The summed E-state index contributed by atoms with van der Waals surface area (Å²) in [5.74, 6) is 1.78. The molecule has 0 spiro atoms. The van der Waals surface area contributed by atoms with Gasteiger partial charge in [-0.2, -0.15) is 0 Å². The molecule has 3 heteroatoms. The van der Waals surface area contributed by atoms with Crippen molar-refractivity contribution >= 4 is 5.91 Å². The first kappa shape index (κ1) is 14.8. The Balaban J connectivity index is 1.86. The maximum absolute atomic E-state index is 12.6. The number of nitrogens with two attached hydrogens (primary N) is 1. The molecule has 2 aliphatic rings. The summed E-state index contributed by atoms with van der Waals surface area (Å²) in [5, 5.41) is 0. The van der Waals surface area contributed by atoms with Gasteiger partial charge in [-0.3, -0.25) is 4.79 Å². The molecule has 1 amide bonds. The molecule has 0 aromatic heterocycles. The molecule has 2 N–H and O–H groups in total. The number of carbonyl (C=O) groups excluding carboxylic acids is 1. The Hall–Kier alpha value is -0.570. The predicted octanol–water partition coefficient (Wildman–Crippen LogP) is 2.79. The van der Waals surface area contributed by atoms with E-state index in [1.54, 1.807) is 0 Å². The van der Waals surface area contributed by atoms with E-state index in [2.05, 4.69) is 18.7 Å². The topological polar surface area (TPSA) is 46.3 Å². The first-order valence-corrected chi connectivity index (χ1v) is 8.17. The lowest BCUT2D eigenvalue weighted by atomic mass is 9.76. The van der Waals surface area contributed by atoms with E-state index in [9.17, 15) is 4.79 Å². The largest absolute Gasteiger partial charge is 0.342 e. The molecule has 1 heterocycles. The average molecular weight is 266 g/mol. The summed E-state index contributed by atoms with van der Waals surface area (Å²) in [5.41, 5.74) is 6.13. The van der Waals surface area contributed by atoms with Crippen LogP contribution in [0.3, 0.4) is 0 Å². The summed E-state index contributed by atoms with van der Waals surface area (Å²) in [4.78, 5) is 14.8. The third-order valence-electron chi connectivity index (χ3n) is 5.30. The zero-order valence-electron chi connectivity index (χ0n) is 12.6. The van der Waals surface area contributed by atoms with E-state index < -0.39 is 0 Å². The normalized spacial score (nSPS) is 33.4. The second kappa shape index (κ2) is 6.74. The van der Waals surface area contributed by atoms with Gasteiger partial charge in [0, 0.05) is 25.0 Å². The highest BCUT2D eigenvalue weighted by Crippen LogP contribution is 2.32. The van der Waals surface area contributed by atoms with Crippen molar-refractivity contribution < 1.29 is 4.79 Å². The maximum atomic E-state index is 12.6. The van der Waals surface area contributed by atoms with Gasteiger partial charge in [0.2, 0.25) is 5.91 Å². The molecule has 3 atom stereocenters. The van der Waals surface area contributed by atoms with Crippen LogP contribution in [0.1, 0.15) is 58.8 Å². The van der Waals surface area contributed by atoms with Gasteiger partial charge in [0.25, 0.3) is 0 Å². The standard InChI is InChI=1S/C16H30N2O/c1-3-5-13-8-10-18(11-9-13)16(19)14-6-4-7-15(17)12(14)2/h12-15H,3-11,17H2,1-2H3. The Bertz CT molecular complexity index is 297. The van der Waals surface area contributed by atoms with Crippen molar-refractivity contribution in [3.63, 3.8) is 0 Å². The molecule has 3 nitrogen and oxygen atoms in total. The van der Waals surface area contributed by atoms with Gasteiger partial charge < -0.3 is 10.6 Å². The first-order chi connectivity index (χ1) is 9.13. The Labute approximate surface area is 117 Å². The van der Waals surface area contributed by atoms with Crippen molar-refractivity contribution in [3.05, 3.63) is 0 Å². The maximum Gasteiger partial charge on any atom is 0.226 e. The fraction of sp³-hybridized carbons (Fsp3) is 0.938. The fourth-order valence-electron chi connectivity index (χ4n) is 3.83. The third kappa shape index (κ3) is 3.50. The van der Waals surface area contributed by atoms with E-state index in [0.29, 0.717) is 11.8 Å². The summed E-state index contributed by atoms with van der Waals surface area (Å²) in [6.45, 7) is 6.36. The van der Waals surface area contributed by atoms with E-state index in [0.717, 1.165) is 38.3 Å². The van der Waals surface area contributed by atoms with E-state index in [1.807, 2.05) is 0 Å². The van der Waals surface area contributed by atoms with E-state index in [4.69, 9.17) is 5.73 Å². The summed E-state index contributed by atoms with van der Waals surface area (Å²) >= 11 is 0. The van der Waals surface area contributed by atoms with Crippen molar-refractivity contribution in [1.29, 1.82) is 0 Å². The van der Waals surface area contributed by atoms with Gasteiger partial charge >= 0.3 is 0 Å². The van der Waals surface area contributed by atoms with E-state index in [1.165, 1.54) is 25.7 Å². The quantitative estimate of drug-likeness (QED) is 0.854. The molecule has 110 valence electrons. The molecule has 0 aromatic carbocycles. The highest BCUT2D eigenvalue weighted by Gasteiger charge is 2.35. The lowest BCUT2D eigenvalue weighted by Gasteiger charge is -2.39. The van der Waals surface area contributed by atoms with Crippen molar-refractivity contribution in [2.75, 3.05) is 13.1 Å². The Morgan fingerprint density at radius 1 is 1.21 bits per heavy atom. The minimum Gasteiger partial charge on any atom is -0.342 e. The smallest absolute Gasteiger partial charge is 0.226 e. The molecule has 2 rings (SSSR count). The Kier molecular flexibility index (Phi) is 5.26. The van der Waals surface area contributed by atoms with Crippen LogP contribution in [0.15, 0.2) is 0 Å². The number of likely N-dealkylation sites (tertiary alicyclic amines) is 1. The fourth-order valence-corrected chi connectivity index (χ4v) is 3.83. The van der Waals surface area contributed by atoms with Crippen LogP contribution in [0.4, 0.5) is 0 Å². The Morgan fingerprint density at radius 2 is 1.89 bits per heavy atom. The predicted molar refractivity (Wildman–Crippen MR) is 78.7 cm³/mol. The summed E-state index contributed by atoms with van der Waals surface area (Å²) in [7, 11) is 0. The van der Waals surface area contributed by atoms with Gasteiger partial charge in [-0.05, 0) is 37.5 Å². The summed E-state index contributed by atoms with van der Waals surface area (Å²) in [6, 6.07) is 0.223. The molecule has 19 heavy (non-hydrogen) atoms. The molecule has 1 aliphatic heterocycles. The number of amides is 1. The van der Waals surface area contributed by atoms with Crippen LogP contribution in [0, 0.1) is 17.8 Å². The molecule has 0 aromatic rings. The average Bonchev–Trinajstić information content (AvgIpc) is 2.42. The number of piperidine rings is 1. The van der Waals surface area contributed by atoms with Crippen molar-refractivity contribution in [2.45, 2.75) is 64.8 Å². The highest BCUT2D eigenvalue weighted by molar-refractivity contribution is 5.79. The second-order valence-corrected chi connectivity index (χ2v) is 6.62. The third-order valence-corrected chi connectivity index (χ3v) is 5.30. The summed E-state index contributed by atoms with van der Waals surface area (Å²) < 4.78 is 0. The SMILES string of the molecule is CCCC1CCN(C(=O)C2CCCC(N)C2C)CC1. The van der Waals surface area contributed by atoms with Crippen molar-refractivity contribution in [3.8, 4) is 0 Å². The van der Waals surface area contributed by atoms with Crippen molar-refractivity contribution in [2.24, 2.45) is 23.5 Å². The molecular formula is C16H30N2O. The number of carbonyl (C=O) groups is 1. The zero-order chi connectivity index (χ0) is 13.8. The van der Waals surface area contributed by atoms with Gasteiger partial charge in [0.1, 0.15) is 0 Å². The number of hydrogen-bond donors (Lipinski definition) is 1. The van der Waals surface area contributed by atoms with Gasteiger partial charge in [-0.15, -0.1) is 0 Å². The van der Waals surface area contributed by atoms with Crippen LogP contribution in [-0.4, -0.2) is 29.9 Å². The molecule has 0 radical (unpaired) electrons. The van der Waals surface area contributed by atoms with Crippen LogP contribution in [-0.2, 0) is 4.79 Å². The molecule has 2 fully saturated rings. The first-order valence-electron chi connectivity index (χ1n) is 8.17. The zero-order valence-corrected chi connectivity index (χ0v) is 12.6. The van der Waals surface area contributed by atoms with E-state index >= 15 is 0 Å². The van der Waals surface area contributed by atoms with Crippen LogP contribution in [0.25, 0.3) is 0 Å². The lowest BCUT2D eigenvalue weighted by Crippen LogP contribution is -2.48. The summed E-state index contributed by atoms with van der Waals surface area (Å²) in [6.07, 6.45) is 8.25.